The third-order valence-corrected chi connectivity index (χ3v) is 7.40. The minimum atomic E-state index is -0.437. The molecule has 1 amide bonds. The number of anilines is 1. The Morgan fingerprint density at radius 1 is 1.57 bits per heavy atom. The fraction of sp³-hybridized carbons (Fsp3) is 0.550. The smallest absolute Gasteiger partial charge is 0.241 e. The van der Waals surface area contributed by atoms with Crippen molar-refractivity contribution in [3.63, 3.8) is 0 Å². The van der Waals surface area contributed by atoms with Crippen LogP contribution in [0, 0.1) is 17.7 Å². The molecule has 5 nitrogen and oxygen atoms in total. The van der Waals surface area contributed by atoms with E-state index in [1.807, 2.05) is 29.5 Å². The molecule has 1 aromatic heterocycles. The van der Waals surface area contributed by atoms with Crippen LogP contribution >= 0.6 is 33.9 Å². The van der Waals surface area contributed by atoms with Crippen LogP contribution in [-0.2, 0) is 16.0 Å². The highest BCUT2D eigenvalue weighted by atomic mass is 127. The van der Waals surface area contributed by atoms with Crippen molar-refractivity contribution in [1.82, 2.24) is 4.98 Å². The van der Waals surface area contributed by atoms with E-state index in [-0.39, 0.29) is 23.0 Å². The lowest BCUT2D eigenvalue weighted by molar-refractivity contribution is -0.116. The molecule has 0 bridgehead atoms. The Morgan fingerprint density at radius 3 is 2.86 bits per heavy atom. The van der Waals surface area contributed by atoms with E-state index in [2.05, 4.69) is 24.1 Å². The number of carbonyl (C=O) groups excluding carboxylic acids is 1. The monoisotopic (exact) mass is 519 g/mol. The zero-order chi connectivity index (χ0) is 21.1. The van der Waals surface area contributed by atoms with Crippen LogP contribution in [0.15, 0.2) is 23.6 Å². The van der Waals surface area contributed by atoms with Gasteiger partial charge in [-0.25, -0.2) is 9.37 Å². The lowest BCUT2D eigenvalue weighted by atomic mass is 9.77. The first-order valence-corrected chi connectivity index (χ1v) is 11.3. The van der Waals surface area contributed by atoms with Crippen LogP contribution in [0.25, 0.3) is 0 Å². The predicted molar refractivity (Wildman–Crippen MR) is 121 cm³/mol. The maximum Gasteiger partial charge on any atom is 0.241 e. The highest BCUT2D eigenvalue weighted by Gasteiger charge is 2.27. The minimum Gasteiger partial charge on any atom is -0.477 e. The maximum atomic E-state index is 14.0. The maximum absolute atomic E-state index is 14.0. The number of rotatable bonds is 7. The predicted octanol–water partition coefficient (Wildman–Crippen LogP) is 5.74. The molecule has 1 heterocycles. The summed E-state index contributed by atoms with van der Waals surface area (Å²) in [6.45, 7) is 9.30. The molecule has 0 spiro atoms. The molecule has 28 heavy (non-hydrogen) atoms. The average molecular weight is 519 g/mol. The number of thiazole rings is 1. The van der Waals surface area contributed by atoms with E-state index >= 15 is 0 Å². The van der Waals surface area contributed by atoms with Gasteiger partial charge in [-0.15, -0.1) is 11.3 Å². The van der Waals surface area contributed by atoms with E-state index < -0.39 is 10.0 Å². The molecule has 0 saturated carbocycles. The summed E-state index contributed by atoms with van der Waals surface area (Å²) in [6, 6.07) is 0. The molecule has 154 valence electrons. The second-order valence-electron chi connectivity index (χ2n) is 7.49. The molecule has 2 N–H and O–H groups in total. The summed E-state index contributed by atoms with van der Waals surface area (Å²) in [4.78, 5) is 17.1. The molecule has 1 aliphatic carbocycles. The highest BCUT2D eigenvalue weighted by molar-refractivity contribution is 14.1. The van der Waals surface area contributed by atoms with Crippen molar-refractivity contribution in [3.05, 3.63) is 34.3 Å². The summed E-state index contributed by atoms with van der Waals surface area (Å²) in [6.07, 6.45) is 5.17. The van der Waals surface area contributed by atoms with Crippen LogP contribution in [0.5, 0.6) is 0 Å². The molecular weight excluding hydrogens is 492 g/mol. The Bertz CT molecular complexity index is 820. The van der Waals surface area contributed by atoms with Crippen molar-refractivity contribution < 1.29 is 13.9 Å². The van der Waals surface area contributed by atoms with Gasteiger partial charge in [-0.3, -0.25) is 10.2 Å². The van der Waals surface area contributed by atoms with Crippen LogP contribution in [-0.4, -0.2) is 26.8 Å². The van der Waals surface area contributed by atoms with Gasteiger partial charge in [-0.1, -0.05) is 42.0 Å². The Kier molecular flexibility index (Phi) is 7.78. The number of hydrogen-bond donors (Lipinski definition) is 2. The molecule has 3 atom stereocenters. The highest BCUT2D eigenvalue weighted by Crippen LogP contribution is 2.39. The van der Waals surface area contributed by atoms with E-state index in [1.54, 1.807) is 26.0 Å². The summed E-state index contributed by atoms with van der Waals surface area (Å²) in [5.41, 5.74) is 1.61. The molecule has 0 aliphatic heterocycles. The second kappa shape index (κ2) is 9.47. The van der Waals surface area contributed by atoms with Gasteiger partial charge in [0, 0.05) is 13.3 Å². The largest absolute Gasteiger partial charge is 0.477 e. The normalized spacial score (nSPS) is 21.4. The Morgan fingerprint density at radius 2 is 2.25 bits per heavy atom. The molecule has 8 heteroatoms. The van der Waals surface area contributed by atoms with E-state index in [0.29, 0.717) is 11.4 Å². The zero-order valence-corrected chi connectivity index (χ0v) is 19.8. The SMILES string of the molecule is CCC1(C)C=C(F)C=C(Cc2nc(C)c(NC(=O)C(I)C(C)OC(C)=N)s2)C1. The number of nitrogens with zero attached hydrogens (tertiary/aromatic N) is 1. The fourth-order valence-corrected chi connectivity index (χ4v) is 4.42. The van der Waals surface area contributed by atoms with Gasteiger partial charge in [-0.05, 0) is 44.3 Å². The van der Waals surface area contributed by atoms with Crippen molar-refractivity contribution in [2.45, 2.75) is 63.9 Å². The van der Waals surface area contributed by atoms with Crippen molar-refractivity contribution in [1.29, 1.82) is 5.41 Å². The number of nitrogens with one attached hydrogen (secondary N) is 2. The quantitative estimate of drug-likeness (QED) is 0.209. The fourth-order valence-electron chi connectivity index (χ4n) is 3.10. The van der Waals surface area contributed by atoms with Crippen LogP contribution in [0.4, 0.5) is 9.39 Å². The van der Waals surface area contributed by atoms with Crippen LogP contribution in [0.2, 0.25) is 0 Å². The number of hydrogen-bond acceptors (Lipinski definition) is 5. The topological polar surface area (TPSA) is 75.1 Å². The molecule has 3 unspecified atom stereocenters. The van der Waals surface area contributed by atoms with Gasteiger partial charge in [0.05, 0.1) is 10.7 Å². The van der Waals surface area contributed by atoms with Gasteiger partial charge in [0.25, 0.3) is 0 Å². The standard InChI is InChI=1S/C20H27FIN3O2S/c1-6-20(5)9-14(7-15(21)10-20)8-16-24-11(2)19(28-16)25-18(26)17(22)12(3)27-13(4)23/h7,10,12,17,23H,6,8-9H2,1-5H3,(H,25,26). The van der Waals surface area contributed by atoms with E-state index in [0.717, 1.165) is 29.1 Å². The number of ether oxygens (including phenoxy) is 1. The number of aryl methyl sites for hydroxylation is 1. The van der Waals surface area contributed by atoms with E-state index in [4.69, 9.17) is 10.1 Å². The number of alkyl halides is 1. The molecule has 1 aliphatic rings. The Balaban J connectivity index is 2.06. The lowest BCUT2D eigenvalue weighted by Gasteiger charge is -2.28. The minimum absolute atomic E-state index is 0.0827. The van der Waals surface area contributed by atoms with Gasteiger partial charge in [0.2, 0.25) is 5.91 Å². The van der Waals surface area contributed by atoms with Crippen molar-refractivity contribution in [2.24, 2.45) is 5.41 Å². The van der Waals surface area contributed by atoms with Gasteiger partial charge in [-0.2, -0.15) is 0 Å². The first kappa shape index (κ1) is 23.0. The summed E-state index contributed by atoms with van der Waals surface area (Å²) >= 11 is 3.44. The Labute approximate surface area is 183 Å². The second-order valence-corrected chi connectivity index (χ2v) is 9.91. The lowest BCUT2D eigenvalue weighted by Crippen LogP contribution is -2.34. The summed E-state index contributed by atoms with van der Waals surface area (Å²) in [5.74, 6) is -0.285. The molecule has 0 aromatic carbocycles. The molecule has 1 aromatic rings. The third-order valence-electron chi connectivity index (χ3n) is 4.75. The van der Waals surface area contributed by atoms with Gasteiger partial charge in [0.15, 0.2) is 5.90 Å². The number of carbonyl (C=O) groups is 1. The number of halogens is 2. The molecule has 2 rings (SSSR count). The van der Waals surface area contributed by atoms with Gasteiger partial charge >= 0.3 is 0 Å². The average Bonchev–Trinajstić information content (AvgIpc) is 2.91. The van der Waals surface area contributed by atoms with E-state index in [1.165, 1.54) is 11.3 Å². The van der Waals surface area contributed by atoms with Gasteiger partial charge < -0.3 is 10.1 Å². The summed E-state index contributed by atoms with van der Waals surface area (Å²) < 4.78 is 18.9. The summed E-state index contributed by atoms with van der Waals surface area (Å²) in [5, 5.41) is 11.9. The van der Waals surface area contributed by atoms with Crippen molar-refractivity contribution >= 4 is 50.7 Å². The third kappa shape index (κ3) is 6.10. The first-order chi connectivity index (χ1) is 13.0. The molecule has 0 radical (unpaired) electrons. The summed E-state index contributed by atoms with van der Waals surface area (Å²) in [7, 11) is 0. The number of aromatic nitrogens is 1. The zero-order valence-electron chi connectivity index (χ0n) is 16.9. The molecule has 0 saturated heterocycles. The van der Waals surface area contributed by atoms with Gasteiger partial charge in [0.1, 0.15) is 20.9 Å². The van der Waals surface area contributed by atoms with Crippen molar-refractivity contribution in [3.8, 4) is 0 Å². The van der Waals surface area contributed by atoms with Crippen molar-refractivity contribution in [2.75, 3.05) is 5.32 Å². The number of amides is 1. The molecule has 0 fully saturated rings. The van der Waals surface area contributed by atoms with E-state index in [9.17, 15) is 9.18 Å². The Hall–Kier alpha value is -1.29. The van der Waals surface area contributed by atoms with Crippen LogP contribution in [0.1, 0.15) is 51.2 Å². The number of allylic oxidation sites excluding steroid dienone is 4. The first-order valence-electron chi connectivity index (χ1n) is 9.24. The van der Waals surface area contributed by atoms with Crippen LogP contribution in [0.3, 0.4) is 0 Å². The van der Waals surface area contributed by atoms with Crippen LogP contribution < -0.4 is 5.32 Å². The molecular formula is C20H27FIN3O2S.